The molecule has 14 heavy (non-hydrogen) atoms. The van der Waals surface area contributed by atoms with E-state index in [1.54, 1.807) is 0 Å². The van der Waals surface area contributed by atoms with Crippen LogP contribution in [0.2, 0.25) is 5.02 Å². The lowest BCUT2D eigenvalue weighted by Gasteiger charge is -2.06. The molecule has 0 aliphatic carbocycles. The summed E-state index contributed by atoms with van der Waals surface area (Å²) < 4.78 is 28.2. The first-order valence-electron chi connectivity index (χ1n) is 3.75. The molecule has 1 rings (SSSR count). The van der Waals surface area contributed by atoms with Crippen molar-refractivity contribution in [2.24, 2.45) is 0 Å². The Hall–Kier alpha value is -0.610. The van der Waals surface area contributed by atoms with Crippen molar-refractivity contribution in [1.29, 1.82) is 0 Å². The molecule has 0 atom stereocenters. The average molecular weight is 242 g/mol. The third-order valence-electron chi connectivity index (χ3n) is 1.41. The van der Waals surface area contributed by atoms with Crippen LogP contribution in [0.1, 0.15) is 5.56 Å². The molecule has 0 N–H and O–H groups in total. The second-order valence-corrected chi connectivity index (χ2v) is 3.12. The van der Waals surface area contributed by atoms with E-state index in [1.807, 2.05) is 0 Å². The van der Waals surface area contributed by atoms with Gasteiger partial charge >= 0.3 is 0 Å². The SMILES string of the molecule is FC(F)COc1cc(CCl)c(Cl)cn1. The lowest BCUT2D eigenvalue weighted by atomic mass is 10.3. The molecule has 1 heterocycles. The molecular weight excluding hydrogens is 235 g/mol. The lowest BCUT2D eigenvalue weighted by Crippen LogP contribution is -2.08. The van der Waals surface area contributed by atoms with Crippen molar-refractivity contribution in [3.8, 4) is 5.88 Å². The molecule has 0 bridgehead atoms. The van der Waals surface area contributed by atoms with Crippen LogP contribution in [0.15, 0.2) is 12.3 Å². The second kappa shape index (κ2) is 5.32. The van der Waals surface area contributed by atoms with Crippen molar-refractivity contribution >= 4 is 23.2 Å². The number of hydrogen-bond acceptors (Lipinski definition) is 2. The van der Waals surface area contributed by atoms with Gasteiger partial charge < -0.3 is 4.74 Å². The highest BCUT2D eigenvalue weighted by molar-refractivity contribution is 6.32. The minimum atomic E-state index is -2.52. The Kier molecular flexibility index (Phi) is 4.35. The maximum atomic E-state index is 11.8. The van der Waals surface area contributed by atoms with Crippen molar-refractivity contribution in [2.75, 3.05) is 6.61 Å². The van der Waals surface area contributed by atoms with Crippen LogP contribution in [-0.2, 0) is 5.88 Å². The first-order chi connectivity index (χ1) is 6.63. The summed E-state index contributed by atoms with van der Waals surface area (Å²) in [4.78, 5) is 3.71. The molecule has 0 saturated heterocycles. The Bertz CT molecular complexity index is 309. The highest BCUT2D eigenvalue weighted by Crippen LogP contribution is 2.21. The number of aromatic nitrogens is 1. The molecule has 1 aromatic heterocycles. The molecule has 0 amide bonds. The summed E-state index contributed by atoms with van der Waals surface area (Å²) in [6.07, 6.45) is -1.20. The molecule has 1 aromatic rings. The van der Waals surface area contributed by atoms with Gasteiger partial charge in [-0.2, -0.15) is 0 Å². The van der Waals surface area contributed by atoms with Gasteiger partial charge in [0.2, 0.25) is 5.88 Å². The third kappa shape index (κ3) is 3.27. The van der Waals surface area contributed by atoms with Crippen molar-refractivity contribution in [3.63, 3.8) is 0 Å². The summed E-state index contributed by atoms with van der Waals surface area (Å²) in [6.45, 7) is -0.684. The van der Waals surface area contributed by atoms with Crippen LogP contribution in [0.3, 0.4) is 0 Å². The van der Waals surface area contributed by atoms with Gasteiger partial charge in [0.15, 0.2) is 6.61 Å². The van der Waals surface area contributed by atoms with E-state index in [-0.39, 0.29) is 11.8 Å². The largest absolute Gasteiger partial charge is 0.472 e. The third-order valence-corrected chi connectivity index (χ3v) is 2.04. The van der Waals surface area contributed by atoms with Gasteiger partial charge in [-0.1, -0.05) is 11.6 Å². The lowest BCUT2D eigenvalue weighted by molar-refractivity contribution is 0.0795. The molecule has 0 fully saturated rings. The standard InChI is InChI=1S/C8H7Cl2F2NO/c9-2-5-1-8(13-3-6(5)10)14-4-7(11)12/h1,3,7H,2,4H2. The monoisotopic (exact) mass is 241 g/mol. The van der Waals surface area contributed by atoms with Crippen molar-refractivity contribution in [2.45, 2.75) is 12.3 Å². The number of nitrogens with zero attached hydrogens (tertiary/aromatic N) is 1. The quantitative estimate of drug-likeness (QED) is 0.756. The van der Waals surface area contributed by atoms with Crippen LogP contribution in [0.25, 0.3) is 0 Å². The minimum absolute atomic E-state index is 0.102. The fourth-order valence-corrected chi connectivity index (χ4v) is 1.25. The van der Waals surface area contributed by atoms with Gasteiger partial charge in [-0.05, 0) is 5.56 Å². The summed E-state index contributed by atoms with van der Waals surface area (Å²) in [7, 11) is 0. The average Bonchev–Trinajstić information content (AvgIpc) is 2.16. The predicted octanol–water partition coefficient (Wildman–Crippen LogP) is 3.12. The molecule has 0 radical (unpaired) electrons. The fourth-order valence-electron chi connectivity index (χ4n) is 0.788. The Balaban J connectivity index is 2.69. The Morgan fingerprint density at radius 1 is 1.50 bits per heavy atom. The number of alkyl halides is 3. The highest BCUT2D eigenvalue weighted by Gasteiger charge is 2.06. The molecule has 6 heteroatoms. The number of ether oxygens (including phenoxy) is 1. The van der Waals surface area contributed by atoms with Crippen LogP contribution in [0.4, 0.5) is 8.78 Å². The first kappa shape index (κ1) is 11.5. The Labute approximate surface area is 89.8 Å². The molecule has 0 unspecified atom stereocenters. The van der Waals surface area contributed by atoms with Crippen LogP contribution in [0.5, 0.6) is 5.88 Å². The smallest absolute Gasteiger partial charge is 0.272 e. The topological polar surface area (TPSA) is 22.1 Å². The van der Waals surface area contributed by atoms with Gasteiger partial charge in [0, 0.05) is 18.1 Å². The van der Waals surface area contributed by atoms with Crippen molar-refractivity contribution in [3.05, 3.63) is 22.8 Å². The zero-order valence-corrected chi connectivity index (χ0v) is 8.53. The molecule has 0 aromatic carbocycles. The van der Waals surface area contributed by atoms with E-state index in [1.165, 1.54) is 12.3 Å². The normalized spacial score (nSPS) is 10.6. The molecule has 0 aliphatic rings. The summed E-state index contributed by atoms with van der Waals surface area (Å²) in [5.41, 5.74) is 0.604. The number of rotatable bonds is 4. The maximum absolute atomic E-state index is 11.8. The summed E-state index contributed by atoms with van der Waals surface area (Å²) in [5.74, 6) is 0.289. The van der Waals surface area contributed by atoms with Gasteiger partial charge in [-0.25, -0.2) is 13.8 Å². The van der Waals surface area contributed by atoms with E-state index in [0.29, 0.717) is 10.6 Å². The fraction of sp³-hybridized carbons (Fsp3) is 0.375. The predicted molar refractivity (Wildman–Crippen MR) is 50.3 cm³/mol. The van der Waals surface area contributed by atoms with Crippen molar-refractivity contribution < 1.29 is 13.5 Å². The highest BCUT2D eigenvalue weighted by atomic mass is 35.5. The van der Waals surface area contributed by atoms with Gasteiger partial charge in [0.05, 0.1) is 5.02 Å². The number of halogens is 4. The molecule has 78 valence electrons. The van der Waals surface area contributed by atoms with Crippen LogP contribution >= 0.6 is 23.2 Å². The molecular formula is C8H7Cl2F2NO. The van der Waals surface area contributed by atoms with E-state index in [4.69, 9.17) is 23.2 Å². The van der Waals surface area contributed by atoms with E-state index < -0.39 is 13.0 Å². The van der Waals surface area contributed by atoms with Crippen molar-refractivity contribution in [1.82, 2.24) is 4.98 Å². The number of pyridine rings is 1. The Morgan fingerprint density at radius 3 is 2.79 bits per heavy atom. The Morgan fingerprint density at radius 2 is 2.21 bits per heavy atom. The van der Waals surface area contributed by atoms with Gasteiger partial charge in [0.25, 0.3) is 6.43 Å². The molecule has 0 saturated carbocycles. The van der Waals surface area contributed by atoms with Crippen LogP contribution in [-0.4, -0.2) is 18.0 Å². The van der Waals surface area contributed by atoms with Crippen LogP contribution < -0.4 is 4.74 Å². The van der Waals surface area contributed by atoms with Gasteiger partial charge in [-0.3, -0.25) is 0 Å². The summed E-state index contributed by atoms with van der Waals surface area (Å²) in [5, 5.41) is 0.393. The second-order valence-electron chi connectivity index (χ2n) is 2.45. The maximum Gasteiger partial charge on any atom is 0.272 e. The zero-order chi connectivity index (χ0) is 10.6. The van der Waals surface area contributed by atoms with E-state index in [9.17, 15) is 8.78 Å². The molecule has 0 aliphatic heterocycles. The summed E-state index contributed by atoms with van der Waals surface area (Å²) in [6, 6.07) is 1.44. The van der Waals surface area contributed by atoms with E-state index in [0.717, 1.165) is 0 Å². The molecule has 2 nitrogen and oxygen atoms in total. The van der Waals surface area contributed by atoms with E-state index in [2.05, 4.69) is 9.72 Å². The van der Waals surface area contributed by atoms with E-state index >= 15 is 0 Å². The van der Waals surface area contributed by atoms with Gasteiger partial charge in [0.1, 0.15) is 0 Å². The summed E-state index contributed by atoms with van der Waals surface area (Å²) >= 11 is 11.3. The minimum Gasteiger partial charge on any atom is -0.472 e. The van der Waals surface area contributed by atoms with Gasteiger partial charge in [-0.15, -0.1) is 11.6 Å². The number of hydrogen-bond donors (Lipinski definition) is 0. The van der Waals surface area contributed by atoms with Crippen LogP contribution in [0, 0.1) is 0 Å². The molecule has 0 spiro atoms. The zero-order valence-electron chi connectivity index (χ0n) is 7.01. The first-order valence-corrected chi connectivity index (χ1v) is 4.66.